The molecule has 0 aromatic heterocycles. The standard InChI is InChI=1S/C13H21FN2/c1-3-4-7-16(2)10-11-5-6-13(14)12(8-11)9-15/h5-6,8H,3-4,7,9-10,15H2,1-2H3. The Hall–Kier alpha value is -0.930. The molecule has 1 aromatic carbocycles. The molecule has 16 heavy (non-hydrogen) atoms. The zero-order chi connectivity index (χ0) is 12.0. The highest BCUT2D eigenvalue weighted by Crippen LogP contribution is 2.11. The number of halogens is 1. The van der Waals surface area contributed by atoms with Crippen LogP contribution in [0.25, 0.3) is 0 Å². The number of nitrogens with zero attached hydrogens (tertiary/aromatic N) is 1. The van der Waals surface area contributed by atoms with Gasteiger partial charge in [0.1, 0.15) is 5.82 Å². The molecule has 0 aliphatic rings. The summed E-state index contributed by atoms with van der Waals surface area (Å²) in [6.07, 6.45) is 2.39. The highest BCUT2D eigenvalue weighted by Gasteiger charge is 2.04. The van der Waals surface area contributed by atoms with Crippen molar-refractivity contribution in [3.63, 3.8) is 0 Å². The maximum absolute atomic E-state index is 13.2. The summed E-state index contributed by atoms with van der Waals surface area (Å²) in [5.41, 5.74) is 7.20. The summed E-state index contributed by atoms with van der Waals surface area (Å²) in [5, 5.41) is 0. The third-order valence-electron chi connectivity index (χ3n) is 2.68. The summed E-state index contributed by atoms with van der Waals surface area (Å²) in [6, 6.07) is 5.19. The number of hydrogen-bond donors (Lipinski definition) is 1. The van der Waals surface area contributed by atoms with Gasteiger partial charge in [0, 0.05) is 18.7 Å². The molecule has 0 heterocycles. The molecule has 0 bridgehead atoms. The Morgan fingerprint density at radius 1 is 1.38 bits per heavy atom. The molecule has 3 heteroatoms. The van der Waals surface area contributed by atoms with Crippen LogP contribution in [0.5, 0.6) is 0 Å². The molecule has 0 spiro atoms. The molecule has 0 unspecified atom stereocenters. The van der Waals surface area contributed by atoms with Crippen LogP contribution < -0.4 is 5.73 Å². The molecule has 0 aliphatic heterocycles. The van der Waals surface area contributed by atoms with Crippen molar-refractivity contribution in [2.24, 2.45) is 5.73 Å². The zero-order valence-electron chi connectivity index (χ0n) is 10.2. The van der Waals surface area contributed by atoms with Crippen molar-refractivity contribution in [1.82, 2.24) is 4.90 Å². The van der Waals surface area contributed by atoms with Crippen LogP contribution in [-0.2, 0) is 13.1 Å². The Balaban J connectivity index is 2.59. The van der Waals surface area contributed by atoms with Crippen molar-refractivity contribution in [2.45, 2.75) is 32.9 Å². The van der Waals surface area contributed by atoms with E-state index in [1.807, 2.05) is 12.1 Å². The van der Waals surface area contributed by atoms with Crippen LogP contribution in [0, 0.1) is 5.82 Å². The molecular weight excluding hydrogens is 203 g/mol. The second-order valence-corrected chi connectivity index (χ2v) is 4.22. The summed E-state index contributed by atoms with van der Waals surface area (Å²) in [7, 11) is 2.08. The normalized spacial score (nSPS) is 11.1. The van der Waals surface area contributed by atoms with Crippen LogP contribution in [-0.4, -0.2) is 18.5 Å². The van der Waals surface area contributed by atoms with E-state index in [-0.39, 0.29) is 12.4 Å². The van der Waals surface area contributed by atoms with E-state index in [0.29, 0.717) is 5.56 Å². The third kappa shape index (κ3) is 3.91. The lowest BCUT2D eigenvalue weighted by Crippen LogP contribution is -2.19. The number of nitrogens with two attached hydrogens (primary N) is 1. The molecule has 0 amide bonds. The van der Waals surface area contributed by atoms with E-state index in [1.165, 1.54) is 18.9 Å². The van der Waals surface area contributed by atoms with Crippen LogP contribution in [0.2, 0.25) is 0 Å². The molecule has 90 valence electrons. The van der Waals surface area contributed by atoms with E-state index in [1.54, 1.807) is 0 Å². The maximum Gasteiger partial charge on any atom is 0.127 e. The number of rotatable bonds is 6. The van der Waals surface area contributed by atoms with Gasteiger partial charge in [0.05, 0.1) is 0 Å². The Bertz CT molecular complexity index is 326. The predicted molar refractivity (Wildman–Crippen MR) is 65.5 cm³/mol. The van der Waals surface area contributed by atoms with E-state index in [9.17, 15) is 4.39 Å². The highest BCUT2D eigenvalue weighted by atomic mass is 19.1. The van der Waals surface area contributed by atoms with Gasteiger partial charge in [-0.15, -0.1) is 0 Å². The second kappa shape index (κ2) is 6.61. The van der Waals surface area contributed by atoms with Gasteiger partial charge < -0.3 is 10.6 Å². The Morgan fingerprint density at radius 2 is 2.12 bits per heavy atom. The number of benzene rings is 1. The lowest BCUT2D eigenvalue weighted by atomic mass is 10.1. The summed E-state index contributed by atoms with van der Waals surface area (Å²) < 4.78 is 13.2. The smallest absolute Gasteiger partial charge is 0.127 e. The van der Waals surface area contributed by atoms with E-state index in [2.05, 4.69) is 18.9 Å². The molecule has 1 rings (SSSR count). The highest BCUT2D eigenvalue weighted by molar-refractivity contribution is 5.24. The van der Waals surface area contributed by atoms with Crippen LogP contribution in [0.4, 0.5) is 4.39 Å². The Labute approximate surface area is 97.3 Å². The van der Waals surface area contributed by atoms with Gasteiger partial charge in [-0.2, -0.15) is 0 Å². The molecule has 0 radical (unpaired) electrons. The molecule has 1 aromatic rings. The van der Waals surface area contributed by atoms with Crippen molar-refractivity contribution < 1.29 is 4.39 Å². The molecule has 0 atom stereocenters. The zero-order valence-corrected chi connectivity index (χ0v) is 10.2. The minimum absolute atomic E-state index is 0.206. The van der Waals surface area contributed by atoms with Crippen LogP contribution in [0.3, 0.4) is 0 Å². The first kappa shape index (κ1) is 13.1. The second-order valence-electron chi connectivity index (χ2n) is 4.22. The lowest BCUT2D eigenvalue weighted by Gasteiger charge is -2.16. The van der Waals surface area contributed by atoms with Gasteiger partial charge in [-0.3, -0.25) is 0 Å². The summed E-state index contributed by atoms with van der Waals surface area (Å²) in [6.45, 7) is 4.37. The van der Waals surface area contributed by atoms with Gasteiger partial charge in [-0.05, 0) is 31.6 Å². The van der Waals surface area contributed by atoms with Gasteiger partial charge in [0.15, 0.2) is 0 Å². The summed E-state index contributed by atoms with van der Waals surface area (Å²) in [5.74, 6) is -0.206. The van der Waals surface area contributed by atoms with Crippen molar-refractivity contribution in [1.29, 1.82) is 0 Å². The van der Waals surface area contributed by atoms with Gasteiger partial charge in [-0.1, -0.05) is 25.5 Å². The summed E-state index contributed by atoms with van der Waals surface area (Å²) in [4.78, 5) is 2.25. The molecule has 0 fully saturated rings. The van der Waals surface area contributed by atoms with Crippen LogP contribution in [0.15, 0.2) is 18.2 Å². The first-order chi connectivity index (χ1) is 7.67. The quantitative estimate of drug-likeness (QED) is 0.804. The molecule has 0 saturated heterocycles. The van der Waals surface area contributed by atoms with E-state index in [4.69, 9.17) is 5.73 Å². The Morgan fingerprint density at radius 3 is 2.75 bits per heavy atom. The van der Waals surface area contributed by atoms with E-state index in [0.717, 1.165) is 18.7 Å². The van der Waals surface area contributed by atoms with Gasteiger partial charge >= 0.3 is 0 Å². The largest absolute Gasteiger partial charge is 0.326 e. The number of hydrogen-bond acceptors (Lipinski definition) is 2. The molecule has 0 aliphatic carbocycles. The SMILES string of the molecule is CCCCN(C)Cc1ccc(F)c(CN)c1. The average Bonchev–Trinajstić information content (AvgIpc) is 2.29. The van der Waals surface area contributed by atoms with Crippen molar-refractivity contribution in [3.8, 4) is 0 Å². The van der Waals surface area contributed by atoms with Crippen LogP contribution >= 0.6 is 0 Å². The van der Waals surface area contributed by atoms with Crippen molar-refractivity contribution >= 4 is 0 Å². The fourth-order valence-electron chi connectivity index (χ4n) is 1.70. The maximum atomic E-state index is 13.2. The topological polar surface area (TPSA) is 29.3 Å². The van der Waals surface area contributed by atoms with Crippen LogP contribution in [0.1, 0.15) is 30.9 Å². The van der Waals surface area contributed by atoms with Crippen molar-refractivity contribution in [2.75, 3.05) is 13.6 Å². The molecule has 2 nitrogen and oxygen atoms in total. The third-order valence-corrected chi connectivity index (χ3v) is 2.68. The predicted octanol–water partition coefficient (Wildman–Crippen LogP) is 2.52. The van der Waals surface area contributed by atoms with Gasteiger partial charge in [-0.25, -0.2) is 4.39 Å². The Kier molecular flexibility index (Phi) is 5.43. The van der Waals surface area contributed by atoms with E-state index >= 15 is 0 Å². The number of unbranched alkanes of at least 4 members (excludes halogenated alkanes) is 1. The fraction of sp³-hybridized carbons (Fsp3) is 0.538. The van der Waals surface area contributed by atoms with E-state index < -0.39 is 0 Å². The first-order valence-electron chi connectivity index (χ1n) is 5.83. The molecular formula is C13H21FN2. The molecule has 0 saturated carbocycles. The summed E-state index contributed by atoms with van der Waals surface area (Å²) >= 11 is 0. The minimum atomic E-state index is -0.206. The fourth-order valence-corrected chi connectivity index (χ4v) is 1.70. The minimum Gasteiger partial charge on any atom is -0.326 e. The molecule has 2 N–H and O–H groups in total. The van der Waals surface area contributed by atoms with Gasteiger partial charge in [0.2, 0.25) is 0 Å². The van der Waals surface area contributed by atoms with Gasteiger partial charge in [0.25, 0.3) is 0 Å². The average molecular weight is 224 g/mol. The monoisotopic (exact) mass is 224 g/mol. The van der Waals surface area contributed by atoms with Crippen molar-refractivity contribution in [3.05, 3.63) is 35.1 Å². The first-order valence-corrected chi connectivity index (χ1v) is 5.83. The lowest BCUT2D eigenvalue weighted by molar-refractivity contribution is 0.320.